The van der Waals surface area contributed by atoms with E-state index in [-0.39, 0.29) is 23.8 Å². The minimum atomic E-state index is -0.362. The molecule has 0 spiro atoms. The van der Waals surface area contributed by atoms with Crippen LogP contribution in [0.4, 0.5) is 17.5 Å². The molecule has 1 aliphatic carbocycles. The summed E-state index contributed by atoms with van der Waals surface area (Å²) in [5.41, 5.74) is 5.76. The average Bonchev–Trinajstić information content (AvgIpc) is 3.54. The summed E-state index contributed by atoms with van der Waals surface area (Å²) in [7, 11) is 1.63. The first-order valence-corrected chi connectivity index (χ1v) is 15.6. The standard InChI is InChI=1S/C35H42N8O4/c1-6-32(46)37-13-12-36-30-8-7-9-31(40-30)39-23(2)16-25(20-41(5)22-45)26-10-11-38-33(27(26)21-44)43-15-14-42-28(34(43)47)17-24-18-35(3,4)19-29(24)42/h6-11,16-17,20,22,44H,1,12-15,18-19,21H2,2-5H3,(H,37,46)(H2,36,39,40)/b23-16+,25-20+. The predicted octanol–water partition coefficient (Wildman–Crippen LogP) is 3.71. The molecule has 3 amide bonds. The molecule has 47 heavy (non-hydrogen) atoms. The Morgan fingerprint density at radius 3 is 2.70 bits per heavy atom. The first-order valence-electron chi connectivity index (χ1n) is 15.6. The van der Waals surface area contributed by atoms with Crippen LogP contribution in [-0.4, -0.2) is 69.4 Å². The summed E-state index contributed by atoms with van der Waals surface area (Å²) in [6.45, 7) is 11.4. The van der Waals surface area contributed by atoms with Crippen molar-refractivity contribution in [2.24, 2.45) is 5.41 Å². The molecule has 3 aromatic rings. The number of nitrogens with zero attached hydrogens (tertiary/aromatic N) is 5. The summed E-state index contributed by atoms with van der Waals surface area (Å²) < 4.78 is 2.15. The number of aromatic nitrogens is 3. The number of pyridine rings is 2. The van der Waals surface area contributed by atoms with Crippen molar-refractivity contribution in [1.82, 2.24) is 24.8 Å². The zero-order valence-electron chi connectivity index (χ0n) is 27.3. The van der Waals surface area contributed by atoms with Gasteiger partial charge in [-0.2, -0.15) is 0 Å². The number of hydrogen-bond acceptors (Lipinski definition) is 8. The maximum absolute atomic E-state index is 13.9. The van der Waals surface area contributed by atoms with Gasteiger partial charge in [-0.25, -0.2) is 9.97 Å². The number of aliphatic hydroxyl groups is 1. The second kappa shape index (κ2) is 14.0. The van der Waals surface area contributed by atoms with E-state index in [0.717, 1.165) is 12.8 Å². The number of hydrogen-bond donors (Lipinski definition) is 4. The molecular weight excluding hydrogens is 596 g/mol. The molecule has 5 rings (SSSR count). The summed E-state index contributed by atoms with van der Waals surface area (Å²) in [6.07, 6.45) is 8.92. The maximum Gasteiger partial charge on any atom is 0.276 e. The topological polar surface area (TPSA) is 145 Å². The van der Waals surface area contributed by atoms with E-state index in [1.54, 1.807) is 30.4 Å². The van der Waals surface area contributed by atoms with Crippen molar-refractivity contribution in [2.75, 3.05) is 42.2 Å². The summed E-state index contributed by atoms with van der Waals surface area (Å²) in [6, 6.07) is 9.28. The summed E-state index contributed by atoms with van der Waals surface area (Å²) in [5.74, 6) is 1.22. The van der Waals surface area contributed by atoms with E-state index < -0.39 is 0 Å². The lowest BCUT2D eigenvalue weighted by Gasteiger charge is -2.31. The molecule has 4 heterocycles. The third kappa shape index (κ3) is 7.44. The van der Waals surface area contributed by atoms with E-state index in [1.165, 1.54) is 22.2 Å². The number of allylic oxidation sites excluding steroid dienone is 3. The van der Waals surface area contributed by atoms with E-state index in [2.05, 4.69) is 50.9 Å². The Hall–Kier alpha value is -5.23. The van der Waals surface area contributed by atoms with Crippen LogP contribution in [0.15, 0.2) is 67.2 Å². The molecule has 0 bridgehead atoms. The normalized spacial score (nSPS) is 15.5. The molecule has 12 heteroatoms. The fourth-order valence-corrected chi connectivity index (χ4v) is 6.21. The van der Waals surface area contributed by atoms with Gasteiger partial charge in [-0.1, -0.05) is 26.5 Å². The zero-order valence-corrected chi connectivity index (χ0v) is 27.3. The number of rotatable bonds is 13. The highest BCUT2D eigenvalue weighted by molar-refractivity contribution is 6.06. The summed E-state index contributed by atoms with van der Waals surface area (Å²) >= 11 is 0. The van der Waals surface area contributed by atoms with Crippen molar-refractivity contribution < 1.29 is 19.5 Å². The van der Waals surface area contributed by atoms with Crippen molar-refractivity contribution in [1.29, 1.82) is 0 Å². The lowest BCUT2D eigenvalue weighted by molar-refractivity contribution is -0.116. The number of carbonyl (C=O) groups is 3. The van der Waals surface area contributed by atoms with Crippen LogP contribution in [-0.2, 0) is 35.6 Å². The smallest absolute Gasteiger partial charge is 0.276 e. The van der Waals surface area contributed by atoms with Gasteiger partial charge >= 0.3 is 0 Å². The molecule has 1 aliphatic heterocycles. The molecule has 0 unspecified atom stereocenters. The quantitative estimate of drug-likeness (QED) is 0.0960. The molecule has 0 fully saturated rings. The molecule has 12 nitrogen and oxygen atoms in total. The van der Waals surface area contributed by atoms with E-state index in [1.807, 2.05) is 37.3 Å². The summed E-state index contributed by atoms with van der Waals surface area (Å²) in [4.78, 5) is 49.1. The fraction of sp³-hybridized carbons (Fsp3) is 0.343. The average molecular weight is 639 g/mol. The Kier molecular flexibility index (Phi) is 9.90. The second-order valence-corrected chi connectivity index (χ2v) is 12.6. The van der Waals surface area contributed by atoms with Gasteiger partial charge in [0.25, 0.3) is 5.91 Å². The third-order valence-corrected chi connectivity index (χ3v) is 8.25. The van der Waals surface area contributed by atoms with Crippen LogP contribution in [0.1, 0.15) is 53.6 Å². The molecule has 2 aliphatic rings. The number of carbonyl (C=O) groups excluding carboxylic acids is 3. The van der Waals surface area contributed by atoms with Crippen LogP contribution < -0.4 is 20.9 Å². The van der Waals surface area contributed by atoms with Gasteiger partial charge in [0.1, 0.15) is 23.1 Å². The van der Waals surface area contributed by atoms with Crippen molar-refractivity contribution in [2.45, 2.75) is 46.8 Å². The first kappa shape index (κ1) is 33.1. The zero-order chi connectivity index (χ0) is 33.7. The van der Waals surface area contributed by atoms with Gasteiger partial charge in [0.05, 0.1) is 6.61 Å². The molecule has 0 radical (unpaired) electrons. The molecule has 0 saturated carbocycles. The fourth-order valence-electron chi connectivity index (χ4n) is 6.21. The van der Waals surface area contributed by atoms with Gasteiger partial charge in [0, 0.05) is 68.2 Å². The first-order chi connectivity index (χ1) is 22.5. The largest absolute Gasteiger partial charge is 0.392 e. The van der Waals surface area contributed by atoms with E-state index in [4.69, 9.17) is 0 Å². The Bertz CT molecular complexity index is 1760. The number of nitrogens with one attached hydrogen (secondary N) is 3. The van der Waals surface area contributed by atoms with Crippen molar-refractivity contribution in [3.63, 3.8) is 0 Å². The highest BCUT2D eigenvalue weighted by atomic mass is 16.3. The van der Waals surface area contributed by atoms with Crippen LogP contribution in [0.2, 0.25) is 0 Å². The van der Waals surface area contributed by atoms with Crippen LogP contribution in [0.5, 0.6) is 0 Å². The molecule has 246 valence electrons. The number of amides is 3. The highest BCUT2D eigenvalue weighted by Crippen LogP contribution is 2.40. The Morgan fingerprint density at radius 1 is 1.17 bits per heavy atom. The van der Waals surface area contributed by atoms with Gasteiger partial charge in [0.15, 0.2) is 0 Å². The van der Waals surface area contributed by atoms with Gasteiger partial charge in [-0.3, -0.25) is 19.3 Å². The number of fused-ring (bicyclic) bond motifs is 3. The SMILES string of the molecule is C=CC(=O)NCCNc1cccc(N/C(C)=C/C(=C\N(C)C=O)c2ccnc(N3CCn4c(cc5c4CC(C)(C)C5)C3=O)c2CO)n1. The molecular formula is C35H42N8O4. The Morgan fingerprint density at radius 2 is 1.96 bits per heavy atom. The molecule has 0 atom stereocenters. The molecule has 0 saturated heterocycles. The van der Waals surface area contributed by atoms with Gasteiger partial charge < -0.3 is 30.5 Å². The van der Waals surface area contributed by atoms with Crippen LogP contribution in [0.3, 0.4) is 0 Å². The molecule has 3 aromatic heterocycles. The minimum absolute atomic E-state index is 0.144. The van der Waals surface area contributed by atoms with Crippen LogP contribution in [0, 0.1) is 5.41 Å². The van der Waals surface area contributed by atoms with Crippen molar-refractivity contribution in [3.8, 4) is 0 Å². The number of aliphatic hydroxyl groups excluding tert-OH is 1. The van der Waals surface area contributed by atoms with Crippen molar-refractivity contribution >= 4 is 41.3 Å². The van der Waals surface area contributed by atoms with Crippen LogP contribution >= 0.6 is 0 Å². The van der Waals surface area contributed by atoms with Crippen LogP contribution in [0.25, 0.3) is 5.57 Å². The predicted molar refractivity (Wildman–Crippen MR) is 183 cm³/mol. The minimum Gasteiger partial charge on any atom is -0.392 e. The third-order valence-electron chi connectivity index (χ3n) is 8.25. The lowest BCUT2D eigenvalue weighted by atomic mass is 9.90. The van der Waals surface area contributed by atoms with E-state index in [0.29, 0.717) is 78.1 Å². The summed E-state index contributed by atoms with van der Waals surface area (Å²) in [5, 5.41) is 19.8. The molecule has 4 N–H and O–H groups in total. The van der Waals surface area contributed by atoms with E-state index in [9.17, 15) is 19.5 Å². The van der Waals surface area contributed by atoms with Gasteiger partial charge in [0.2, 0.25) is 12.3 Å². The second-order valence-electron chi connectivity index (χ2n) is 12.6. The number of anilines is 3. The molecule has 0 aromatic carbocycles. The Labute approximate surface area is 274 Å². The van der Waals surface area contributed by atoms with E-state index >= 15 is 0 Å². The van der Waals surface area contributed by atoms with Crippen molar-refractivity contribution in [3.05, 3.63) is 95.2 Å². The highest BCUT2D eigenvalue weighted by Gasteiger charge is 2.37. The maximum atomic E-state index is 13.9. The lowest BCUT2D eigenvalue weighted by Crippen LogP contribution is -2.41. The Balaban J connectivity index is 1.40. The monoisotopic (exact) mass is 638 g/mol. The van der Waals surface area contributed by atoms with Gasteiger partial charge in [-0.15, -0.1) is 0 Å². The van der Waals surface area contributed by atoms with Gasteiger partial charge in [-0.05, 0) is 72.7 Å².